The topological polar surface area (TPSA) is 41.6 Å². The lowest BCUT2D eigenvalue weighted by Crippen LogP contribution is -2.41. The Hall–Kier alpha value is -0.970. The minimum absolute atomic E-state index is 0.238. The molecule has 0 atom stereocenters. The van der Waals surface area contributed by atoms with Crippen molar-refractivity contribution >= 4 is 29.3 Å². The molecular formula is C17H24Cl2N2O2. The monoisotopic (exact) mass is 358 g/mol. The zero-order valence-corrected chi connectivity index (χ0v) is 15.4. The van der Waals surface area contributed by atoms with Gasteiger partial charge in [-0.2, -0.15) is 0 Å². The summed E-state index contributed by atoms with van der Waals surface area (Å²) in [4.78, 5) is 14.1. The van der Waals surface area contributed by atoms with E-state index in [0.717, 1.165) is 18.4 Å². The van der Waals surface area contributed by atoms with E-state index in [9.17, 15) is 4.79 Å². The molecule has 1 aromatic carbocycles. The number of halogens is 2. The van der Waals surface area contributed by atoms with Gasteiger partial charge in [0.05, 0.1) is 0 Å². The van der Waals surface area contributed by atoms with Gasteiger partial charge in [0.15, 0.2) is 0 Å². The van der Waals surface area contributed by atoms with Gasteiger partial charge in [0.25, 0.3) is 0 Å². The molecule has 1 aromatic rings. The van der Waals surface area contributed by atoms with Crippen LogP contribution in [0.15, 0.2) is 18.2 Å². The molecule has 1 saturated carbocycles. The molecule has 1 amide bonds. The Morgan fingerprint density at radius 2 is 1.91 bits per heavy atom. The van der Waals surface area contributed by atoms with Gasteiger partial charge in [-0.1, -0.05) is 29.3 Å². The van der Waals surface area contributed by atoms with Gasteiger partial charge in [-0.05, 0) is 45.7 Å². The Labute approximate surface area is 148 Å². The predicted molar refractivity (Wildman–Crippen MR) is 94.1 cm³/mol. The molecule has 128 valence electrons. The first-order valence-electron chi connectivity index (χ1n) is 7.91. The standard InChI is InChI=1S/C17H24Cl2N2O2/c1-17(2,3)23-16(22)21(12-7-8-12)10-9-20-11-13-14(18)5-4-6-15(13)19/h4-6,12,20H,7-11H2,1-3H3. The molecule has 0 spiro atoms. The summed E-state index contributed by atoms with van der Waals surface area (Å²) in [6, 6.07) is 5.78. The molecule has 0 bridgehead atoms. The summed E-state index contributed by atoms with van der Waals surface area (Å²) in [7, 11) is 0. The van der Waals surface area contributed by atoms with E-state index >= 15 is 0 Å². The first-order valence-corrected chi connectivity index (χ1v) is 8.67. The van der Waals surface area contributed by atoms with Crippen molar-refractivity contribution in [3.63, 3.8) is 0 Å². The van der Waals surface area contributed by atoms with E-state index in [-0.39, 0.29) is 6.09 Å². The van der Waals surface area contributed by atoms with Gasteiger partial charge < -0.3 is 15.0 Å². The Morgan fingerprint density at radius 3 is 2.43 bits per heavy atom. The molecule has 1 fully saturated rings. The molecule has 1 N–H and O–H groups in total. The van der Waals surface area contributed by atoms with E-state index in [1.807, 2.05) is 43.9 Å². The van der Waals surface area contributed by atoms with E-state index in [0.29, 0.717) is 35.7 Å². The van der Waals surface area contributed by atoms with Gasteiger partial charge in [0, 0.05) is 41.3 Å². The third kappa shape index (κ3) is 5.87. The molecular weight excluding hydrogens is 335 g/mol. The molecule has 6 heteroatoms. The molecule has 0 aromatic heterocycles. The fraction of sp³-hybridized carbons (Fsp3) is 0.588. The van der Waals surface area contributed by atoms with Crippen LogP contribution in [0.2, 0.25) is 10.0 Å². The maximum atomic E-state index is 12.2. The second-order valence-electron chi connectivity index (χ2n) is 6.78. The highest BCUT2D eigenvalue weighted by Crippen LogP contribution is 2.28. The van der Waals surface area contributed by atoms with Crippen molar-refractivity contribution in [3.8, 4) is 0 Å². The quantitative estimate of drug-likeness (QED) is 0.762. The fourth-order valence-electron chi connectivity index (χ4n) is 2.24. The highest BCUT2D eigenvalue weighted by atomic mass is 35.5. The summed E-state index contributed by atoms with van der Waals surface area (Å²) in [5, 5.41) is 4.59. The second kappa shape index (κ2) is 7.73. The second-order valence-corrected chi connectivity index (χ2v) is 7.60. The predicted octanol–water partition coefficient (Wildman–Crippen LogP) is 4.48. The lowest BCUT2D eigenvalue weighted by Gasteiger charge is -2.27. The number of rotatable bonds is 6. The minimum atomic E-state index is -0.470. The molecule has 1 aliphatic rings. The number of hydrogen-bond donors (Lipinski definition) is 1. The number of benzene rings is 1. The molecule has 1 aliphatic carbocycles. The SMILES string of the molecule is CC(C)(C)OC(=O)N(CCNCc1c(Cl)cccc1Cl)C1CC1. The van der Waals surface area contributed by atoms with Crippen LogP contribution in [0.1, 0.15) is 39.2 Å². The lowest BCUT2D eigenvalue weighted by molar-refractivity contribution is 0.0236. The van der Waals surface area contributed by atoms with E-state index < -0.39 is 5.60 Å². The van der Waals surface area contributed by atoms with Crippen LogP contribution in [0.25, 0.3) is 0 Å². The Balaban J connectivity index is 1.82. The van der Waals surface area contributed by atoms with Crippen molar-refractivity contribution in [3.05, 3.63) is 33.8 Å². The zero-order chi connectivity index (χ0) is 17.0. The Kier molecular flexibility index (Phi) is 6.18. The molecule has 23 heavy (non-hydrogen) atoms. The summed E-state index contributed by atoms with van der Waals surface area (Å²) in [6.07, 6.45) is 1.86. The summed E-state index contributed by atoms with van der Waals surface area (Å²) in [5.74, 6) is 0. The van der Waals surface area contributed by atoms with Crippen LogP contribution in [0.3, 0.4) is 0 Å². The maximum absolute atomic E-state index is 12.2. The number of hydrogen-bond acceptors (Lipinski definition) is 3. The van der Waals surface area contributed by atoms with Gasteiger partial charge in [-0.15, -0.1) is 0 Å². The normalized spacial score (nSPS) is 14.7. The average molecular weight is 359 g/mol. The van der Waals surface area contributed by atoms with Crippen LogP contribution in [0.5, 0.6) is 0 Å². The Bertz CT molecular complexity index is 534. The van der Waals surface area contributed by atoms with Gasteiger partial charge >= 0.3 is 6.09 Å². The van der Waals surface area contributed by atoms with E-state index in [4.69, 9.17) is 27.9 Å². The number of nitrogens with zero attached hydrogens (tertiary/aromatic N) is 1. The smallest absolute Gasteiger partial charge is 0.410 e. The van der Waals surface area contributed by atoms with Crippen molar-refractivity contribution in [2.24, 2.45) is 0 Å². The molecule has 0 heterocycles. The summed E-state index contributed by atoms with van der Waals surface area (Å²) < 4.78 is 5.47. The zero-order valence-electron chi connectivity index (χ0n) is 13.9. The van der Waals surface area contributed by atoms with Gasteiger partial charge in [-0.25, -0.2) is 4.79 Å². The average Bonchev–Trinajstić information content (AvgIpc) is 3.23. The first-order chi connectivity index (χ1) is 10.8. The number of carbonyl (C=O) groups is 1. The molecule has 4 nitrogen and oxygen atoms in total. The largest absolute Gasteiger partial charge is 0.444 e. The number of ether oxygens (including phenoxy) is 1. The van der Waals surface area contributed by atoms with Gasteiger partial charge in [-0.3, -0.25) is 0 Å². The van der Waals surface area contributed by atoms with Crippen LogP contribution in [0, 0.1) is 0 Å². The van der Waals surface area contributed by atoms with Crippen LogP contribution >= 0.6 is 23.2 Å². The highest BCUT2D eigenvalue weighted by Gasteiger charge is 2.34. The van der Waals surface area contributed by atoms with E-state index in [2.05, 4.69) is 5.32 Å². The van der Waals surface area contributed by atoms with Crippen LogP contribution in [0.4, 0.5) is 4.79 Å². The van der Waals surface area contributed by atoms with Crippen molar-refractivity contribution in [2.45, 2.75) is 51.8 Å². The molecule has 0 aliphatic heterocycles. The number of carbonyl (C=O) groups excluding carboxylic acids is 1. The van der Waals surface area contributed by atoms with Crippen molar-refractivity contribution in [2.75, 3.05) is 13.1 Å². The third-order valence-corrected chi connectivity index (χ3v) is 4.22. The van der Waals surface area contributed by atoms with Crippen LogP contribution < -0.4 is 5.32 Å². The number of nitrogens with one attached hydrogen (secondary N) is 1. The van der Waals surface area contributed by atoms with Crippen LogP contribution in [-0.2, 0) is 11.3 Å². The van der Waals surface area contributed by atoms with Crippen molar-refractivity contribution in [1.29, 1.82) is 0 Å². The molecule has 0 radical (unpaired) electrons. The third-order valence-electron chi connectivity index (χ3n) is 3.51. The van der Waals surface area contributed by atoms with E-state index in [1.54, 1.807) is 0 Å². The maximum Gasteiger partial charge on any atom is 0.410 e. The summed E-state index contributed by atoms with van der Waals surface area (Å²) in [6.45, 7) is 7.50. The van der Waals surface area contributed by atoms with Gasteiger partial charge in [0.2, 0.25) is 0 Å². The minimum Gasteiger partial charge on any atom is -0.444 e. The van der Waals surface area contributed by atoms with Crippen molar-refractivity contribution < 1.29 is 9.53 Å². The molecule has 2 rings (SSSR count). The Morgan fingerprint density at radius 1 is 1.30 bits per heavy atom. The number of amides is 1. The molecule has 0 saturated heterocycles. The van der Waals surface area contributed by atoms with E-state index in [1.165, 1.54) is 0 Å². The van der Waals surface area contributed by atoms with Crippen molar-refractivity contribution in [1.82, 2.24) is 10.2 Å². The highest BCUT2D eigenvalue weighted by molar-refractivity contribution is 6.35. The summed E-state index contributed by atoms with van der Waals surface area (Å²) >= 11 is 12.3. The fourth-order valence-corrected chi connectivity index (χ4v) is 2.77. The van der Waals surface area contributed by atoms with Gasteiger partial charge in [0.1, 0.15) is 5.60 Å². The van der Waals surface area contributed by atoms with Crippen LogP contribution in [-0.4, -0.2) is 35.7 Å². The molecule has 0 unspecified atom stereocenters. The first kappa shape index (κ1) is 18.4. The lowest BCUT2D eigenvalue weighted by atomic mass is 10.2. The summed E-state index contributed by atoms with van der Waals surface area (Å²) in [5.41, 5.74) is 0.411.